The molecule has 0 saturated carbocycles. The summed E-state index contributed by atoms with van der Waals surface area (Å²) in [4.78, 5) is 1.05. The van der Waals surface area contributed by atoms with Gasteiger partial charge in [-0.1, -0.05) is 37.1 Å². The molecule has 84 valence electrons. The van der Waals surface area contributed by atoms with Crippen LogP contribution in [-0.2, 0) is 6.42 Å². The zero-order valence-electron chi connectivity index (χ0n) is 9.77. The van der Waals surface area contributed by atoms with Gasteiger partial charge in [-0.3, -0.25) is 0 Å². The largest absolute Gasteiger partial charge is 0.143 e. The molecule has 0 aliphatic carbocycles. The lowest BCUT2D eigenvalue weighted by Crippen LogP contribution is -1.86. The van der Waals surface area contributed by atoms with Gasteiger partial charge in [0, 0.05) is 10.5 Å². The van der Waals surface area contributed by atoms with Gasteiger partial charge in [0.1, 0.15) is 0 Å². The van der Waals surface area contributed by atoms with E-state index >= 15 is 0 Å². The Morgan fingerprint density at radius 2 is 1.71 bits per heavy atom. The smallest absolute Gasteiger partial charge is 0.0243 e. The van der Waals surface area contributed by atoms with Crippen molar-refractivity contribution in [1.29, 1.82) is 0 Å². The first-order chi connectivity index (χ1) is 8.24. The van der Waals surface area contributed by atoms with Gasteiger partial charge < -0.3 is 0 Å². The van der Waals surface area contributed by atoms with Crippen molar-refractivity contribution in [1.82, 2.24) is 0 Å². The Bertz CT molecular complexity index is 559. The van der Waals surface area contributed by atoms with E-state index in [1.807, 2.05) is 18.2 Å². The predicted octanol–water partition coefficient (Wildman–Crippen LogP) is 4.19. The molecule has 0 aliphatic heterocycles. The summed E-state index contributed by atoms with van der Waals surface area (Å²) in [5.41, 5.74) is 4.58. The van der Waals surface area contributed by atoms with E-state index in [2.05, 4.69) is 49.7 Å². The maximum Gasteiger partial charge on any atom is 0.0243 e. The van der Waals surface area contributed by atoms with Crippen molar-refractivity contribution in [3.05, 3.63) is 53.6 Å². The van der Waals surface area contributed by atoms with Crippen LogP contribution in [0.2, 0.25) is 0 Å². The second-order valence-electron chi connectivity index (χ2n) is 3.92. The van der Waals surface area contributed by atoms with Crippen LogP contribution in [-0.4, -0.2) is 0 Å². The van der Waals surface area contributed by atoms with Gasteiger partial charge in [0.25, 0.3) is 0 Å². The van der Waals surface area contributed by atoms with E-state index in [1.54, 1.807) is 0 Å². The van der Waals surface area contributed by atoms with Gasteiger partial charge >= 0.3 is 0 Å². The number of thiol groups is 1. The lowest BCUT2D eigenvalue weighted by molar-refractivity contribution is 1.09. The molecule has 0 atom stereocenters. The summed E-state index contributed by atoms with van der Waals surface area (Å²) in [6.45, 7) is 2.14. The van der Waals surface area contributed by atoms with E-state index in [9.17, 15) is 0 Å². The van der Waals surface area contributed by atoms with E-state index < -0.39 is 0 Å². The molecular weight excluding hydrogens is 224 g/mol. The molecule has 1 heteroatoms. The maximum absolute atomic E-state index is 5.34. The zero-order chi connectivity index (χ0) is 12.3. The minimum Gasteiger partial charge on any atom is -0.143 e. The fourth-order valence-electron chi connectivity index (χ4n) is 1.81. The lowest BCUT2D eigenvalue weighted by Gasteiger charge is -2.07. The molecule has 2 aromatic rings. The molecule has 0 aliphatic rings. The SMILES string of the molecule is C#Cc1ccc(-c2ccc(S)c(CC)c2)cc1. The first kappa shape index (κ1) is 11.8. The molecule has 0 heterocycles. The molecule has 0 bridgehead atoms. The molecule has 17 heavy (non-hydrogen) atoms. The maximum atomic E-state index is 5.34. The molecule has 0 radical (unpaired) electrons. The minimum absolute atomic E-state index is 0.912. The van der Waals surface area contributed by atoms with E-state index in [1.165, 1.54) is 16.7 Å². The number of hydrogen-bond acceptors (Lipinski definition) is 1. The minimum atomic E-state index is 0.912. The van der Waals surface area contributed by atoms with Crippen molar-refractivity contribution in [2.75, 3.05) is 0 Å². The van der Waals surface area contributed by atoms with Crippen LogP contribution in [0.15, 0.2) is 47.4 Å². The molecule has 0 saturated heterocycles. The fourth-order valence-corrected chi connectivity index (χ4v) is 2.10. The van der Waals surface area contributed by atoms with Crippen molar-refractivity contribution in [2.45, 2.75) is 18.2 Å². The first-order valence-electron chi connectivity index (χ1n) is 5.63. The number of hydrogen-bond donors (Lipinski definition) is 1. The molecule has 0 fully saturated rings. The van der Waals surface area contributed by atoms with Crippen molar-refractivity contribution in [3.8, 4) is 23.5 Å². The van der Waals surface area contributed by atoms with Gasteiger partial charge in [0.15, 0.2) is 0 Å². The summed E-state index contributed by atoms with van der Waals surface area (Å²) in [7, 11) is 0. The number of benzene rings is 2. The summed E-state index contributed by atoms with van der Waals surface area (Å²) in [6, 6.07) is 14.4. The molecule has 0 aromatic heterocycles. The van der Waals surface area contributed by atoms with Gasteiger partial charge in [-0.05, 0) is 41.3 Å². The van der Waals surface area contributed by atoms with Gasteiger partial charge in [0.2, 0.25) is 0 Å². The van der Waals surface area contributed by atoms with E-state index in [0.717, 1.165) is 16.9 Å². The van der Waals surface area contributed by atoms with Crippen LogP contribution in [0.4, 0.5) is 0 Å². The van der Waals surface area contributed by atoms with E-state index in [4.69, 9.17) is 6.42 Å². The highest BCUT2D eigenvalue weighted by Gasteiger charge is 2.01. The molecular formula is C16H14S. The third-order valence-corrected chi connectivity index (χ3v) is 3.28. The molecule has 0 N–H and O–H groups in total. The third kappa shape index (κ3) is 2.54. The molecule has 2 aromatic carbocycles. The molecule has 0 nitrogen and oxygen atoms in total. The number of aryl methyl sites for hydroxylation is 1. The number of terminal acetylenes is 1. The van der Waals surface area contributed by atoms with Crippen LogP contribution < -0.4 is 0 Å². The Balaban J connectivity index is 2.42. The molecule has 2 rings (SSSR count). The Labute approximate surface area is 108 Å². The summed E-state index contributed by atoms with van der Waals surface area (Å²) >= 11 is 4.44. The van der Waals surface area contributed by atoms with Crippen LogP contribution in [0.3, 0.4) is 0 Å². The monoisotopic (exact) mass is 238 g/mol. The summed E-state index contributed by atoms with van der Waals surface area (Å²) in [5, 5.41) is 0. The normalized spacial score (nSPS) is 9.94. The number of rotatable bonds is 2. The lowest BCUT2D eigenvalue weighted by atomic mass is 10.0. The van der Waals surface area contributed by atoms with Gasteiger partial charge in [-0.15, -0.1) is 19.1 Å². The van der Waals surface area contributed by atoms with Crippen LogP contribution in [0, 0.1) is 12.3 Å². The van der Waals surface area contributed by atoms with Gasteiger partial charge in [0.05, 0.1) is 0 Å². The Morgan fingerprint density at radius 3 is 2.29 bits per heavy atom. The Kier molecular flexibility index (Phi) is 3.56. The standard InChI is InChI=1S/C16H14S/c1-3-12-5-7-14(8-6-12)15-9-10-16(17)13(4-2)11-15/h1,5-11,17H,4H2,2H3. The van der Waals surface area contributed by atoms with Crippen molar-refractivity contribution in [2.24, 2.45) is 0 Å². The second kappa shape index (κ2) is 5.12. The average molecular weight is 238 g/mol. The highest BCUT2D eigenvalue weighted by atomic mass is 32.1. The second-order valence-corrected chi connectivity index (χ2v) is 4.40. The van der Waals surface area contributed by atoms with Gasteiger partial charge in [-0.25, -0.2) is 0 Å². The van der Waals surface area contributed by atoms with Crippen molar-refractivity contribution < 1.29 is 0 Å². The predicted molar refractivity (Wildman–Crippen MR) is 76.4 cm³/mol. The first-order valence-corrected chi connectivity index (χ1v) is 6.08. The Hall–Kier alpha value is -1.65. The Morgan fingerprint density at radius 1 is 1.06 bits per heavy atom. The van der Waals surface area contributed by atoms with Crippen LogP contribution >= 0.6 is 12.6 Å². The zero-order valence-corrected chi connectivity index (χ0v) is 10.7. The van der Waals surface area contributed by atoms with Crippen molar-refractivity contribution >= 4 is 12.6 Å². The van der Waals surface area contributed by atoms with Crippen LogP contribution in [0.5, 0.6) is 0 Å². The van der Waals surface area contributed by atoms with Crippen LogP contribution in [0.25, 0.3) is 11.1 Å². The third-order valence-electron chi connectivity index (χ3n) is 2.85. The van der Waals surface area contributed by atoms with Crippen molar-refractivity contribution in [3.63, 3.8) is 0 Å². The topological polar surface area (TPSA) is 0 Å². The summed E-state index contributed by atoms with van der Waals surface area (Å²) in [6.07, 6.45) is 6.34. The summed E-state index contributed by atoms with van der Waals surface area (Å²) < 4.78 is 0. The highest BCUT2D eigenvalue weighted by molar-refractivity contribution is 7.80. The van der Waals surface area contributed by atoms with Gasteiger partial charge in [-0.2, -0.15) is 0 Å². The molecule has 0 amide bonds. The van der Waals surface area contributed by atoms with E-state index in [-0.39, 0.29) is 0 Å². The average Bonchev–Trinajstić information content (AvgIpc) is 2.39. The quantitative estimate of drug-likeness (QED) is 0.588. The summed E-state index contributed by atoms with van der Waals surface area (Å²) in [5.74, 6) is 2.63. The van der Waals surface area contributed by atoms with Crippen LogP contribution in [0.1, 0.15) is 18.1 Å². The highest BCUT2D eigenvalue weighted by Crippen LogP contribution is 2.24. The fraction of sp³-hybridized carbons (Fsp3) is 0.125. The molecule has 0 spiro atoms. The van der Waals surface area contributed by atoms with E-state index in [0.29, 0.717) is 0 Å². The molecule has 0 unspecified atom stereocenters.